The van der Waals surface area contributed by atoms with Crippen LogP contribution in [0.25, 0.3) is 0 Å². The molecule has 2 aliphatic carbocycles. The number of carboxylic acid groups (broad SMARTS) is 1. The summed E-state index contributed by atoms with van der Waals surface area (Å²) in [6.07, 6.45) is 2.31. The second-order valence-electron chi connectivity index (χ2n) is 4.60. The molecule has 0 saturated heterocycles. The number of aliphatic carboxylic acids is 1. The fraction of sp³-hybridized carbons (Fsp3) is 0.900. The smallest absolute Gasteiger partial charge is 0.307 e. The monoisotopic (exact) mass is 168 g/mol. The Balaban J connectivity index is 2.18. The number of carbonyl (C=O) groups is 1. The highest BCUT2D eigenvalue weighted by Gasteiger charge is 2.51. The lowest BCUT2D eigenvalue weighted by Gasteiger charge is -2.29. The molecule has 68 valence electrons. The molecular weight excluding hydrogens is 152 g/mol. The van der Waals surface area contributed by atoms with E-state index >= 15 is 0 Å². The Bertz CT molecular complexity index is 210. The van der Waals surface area contributed by atoms with Gasteiger partial charge in [0.05, 0.1) is 5.92 Å². The van der Waals surface area contributed by atoms with Crippen molar-refractivity contribution in [2.75, 3.05) is 0 Å². The van der Waals surface area contributed by atoms with Crippen LogP contribution in [0.2, 0.25) is 0 Å². The summed E-state index contributed by atoms with van der Waals surface area (Å²) in [5, 5.41) is 8.99. The van der Waals surface area contributed by atoms with Crippen LogP contribution in [-0.2, 0) is 4.79 Å². The first-order valence-corrected chi connectivity index (χ1v) is 4.84. The molecular formula is C10H16O2. The maximum atomic E-state index is 10.9. The number of hydrogen-bond acceptors (Lipinski definition) is 1. The minimum absolute atomic E-state index is 0.0359. The molecule has 0 aliphatic heterocycles. The Hall–Kier alpha value is -0.530. The van der Waals surface area contributed by atoms with E-state index in [4.69, 9.17) is 5.11 Å². The Labute approximate surface area is 73.0 Å². The molecule has 2 fully saturated rings. The van der Waals surface area contributed by atoms with Crippen LogP contribution in [0.5, 0.6) is 0 Å². The molecule has 0 aromatic heterocycles. The highest BCUT2D eigenvalue weighted by Crippen LogP contribution is 2.54. The molecule has 2 aliphatic rings. The highest BCUT2D eigenvalue weighted by atomic mass is 16.4. The summed E-state index contributed by atoms with van der Waals surface area (Å²) in [4.78, 5) is 10.9. The van der Waals surface area contributed by atoms with Crippen molar-refractivity contribution < 1.29 is 9.90 Å². The Kier molecular flexibility index (Phi) is 1.67. The molecule has 2 nitrogen and oxygen atoms in total. The molecule has 2 unspecified atom stereocenters. The average Bonchev–Trinajstić information content (AvgIpc) is 2.42. The number of fused-ring (bicyclic) bond motifs is 2. The predicted octanol–water partition coefficient (Wildman–Crippen LogP) is 2.00. The molecule has 0 heterocycles. The van der Waals surface area contributed by atoms with Gasteiger partial charge >= 0.3 is 5.97 Å². The predicted molar refractivity (Wildman–Crippen MR) is 45.7 cm³/mol. The molecule has 2 heteroatoms. The summed E-state index contributed by atoms with van der Waals surface area (Å²) in [5.41, 5.74) is 0. The second kappa shape index (κ2) is 2.48. The number of hydrogen-bond donors (Lipinski definition) is 1. The van der Waals surface area contributed by atoms with E-state index in [2.05, 4.69) is 13.8 Å². The normalized spacial score (nSPS) is 51.3. The van der Waals surface area contributed by atoms with Crippen molar-refractivity contribution in [3.8, 4) is 0 Å². The van der Waals surface area contributed by atoms with Gasteiger partial charge in [-0.15, -0.1) is 0 Å². The van der Waals surface area contributed by atoms with Crippen LogP contribution in [0.1, 0.15) is 26.7 Å². The quantitative estimate of drug-likeness (QED) is 0.650. The topological polar surface area (TPSA) is 37.3 Å². The minimum Gasteiger partial charge on any atom is -0.481 e. The maximum Gasteiger partial charge on any atom is 0.307 e. The maximum absolute atomic E-state index is 10.9. The van der Waals surface area contributed by atoms with Crippen molar-refractivity contribution in [2.45, 2.75) is 26.7 Å². The lowest BCUT2D eigenvalue weighted by Crippen LogP contribution is -2.30. The fourth-order valence-electron chi connectivity index (χ4n) is 3.48. The van der Waals surface area contributed by atoms with Crippen molar-refractivity contribution >= 4 is 5.97 Å². The van der Waals surface area contributed by atoms with Crippen molar-refractivity contribution in [3.63, 3.8) is 0 Å². The number of carboxylic acids is 1. The molecule has 0 spiro atoms. The van der Waals surface area contributed by atoms with Gasteiger partial charge in [-0.25, -0.2) is 0 Å². The summed E-state index contributed by atoms with van der Waals surface area (Å²) in [7, 11) is 0. The van der Waals surface area contributed by atoms with Gasteiger partial charge in [0.1, 0.15) is 0 Å². The van der Waals surface area contributed by atoms with E-state index in [9.17, 15) is 4.79 Å². The molecule has 12 heavy (non-hydrogen) atoms. The molecule has 0 aromatic rings. The van der Waals surface area contributed by atoms with Crippen molar-refractivity contribution in [2.24, 2.45) is 29.6 Å². The number of rotatable bonds is 1. The van der Waals surface area contributed by atoms with Crippen LogP contribution in [-0.4, -0.2) is 11.1 Å². The Morgan fingerprint density at radius 2 is 2.00 bits per heavy atom. The molecule has 2 saturated carbocycles. The van der Waals surface area contributed by atoms with E-state index in [-0.39, 0.29) is 5.92 Å². The van der Waals surface area contributed by atoms with Gasteiger partial charge in [-0.05, 0) is 36.5 Å². The average molecular weight is 168 g/mol. The summed E-state index contributed by atoms with van der Waals surface area (Å²) in [5.74, 6) is 1.75. The van der Waals surface area contributed by atoms with Gasteiger partial charge in [0.15, 0.2) is 0 Å². The van der Waals surface area contributed by atoms with E-state index in [1.54, 1.807) is 0 Å². The first kappa shape index (κ1) is 8.09. The van der Waals surface area contributed by atoms with Crippen LogP contribution < -0.4 is 0 Å². The van der Waals surface area contributed by atoms with Gasteiger partial charge in [0.2, 0.25) is 0 Å². The fourth-order valence-corrected chi connectivity index (χ4v) is 3.48. The van der Waals surface area contributed by atoms with E-state index < -0.39 is 5.97 Å². The Morgan fingerprint density at radius 1 is 1.33 bits per heavy atom. The van der Waals surface area contributed by atoms with Crippen molar-refractivity contribution in [1.82, 2.24) is 0 Å². The zero-order valence-electron chi connectivity index (χ0n) is 7.66. The van der Waals surface area contributed by atoms with Gasteiger partial charge in [-0.2, -0.15) is 0 Å². The third-order valence-corrected chi connectivity index (χ3v) is 4.02. The summed E-state index contributed by atoms with van der Waals surface area (Å²) in [6, 6.07) is 0. The lowest BCUT2D eigenvalue weighted by atomic mass is 9.76. The highest BCUT2D eigenvalue weighted by molar-refractivity contribution is 5.71. The van der Waals surface area contributed by atoms with Crippen LogP contribution >= 0.6 is 0 Å². The summed E-state index contributed by atoms with van der Waals surface area (Å²) >= 11 is 0. The van der Waals surface area contributed by atoms with Crippen molar-refractivity contribution in [3.05, 3.63) is 0 Å². The zero-order chi connectivity index (χ0) is 8.88. The second-order valence-corrected chi connectivity index (χ2v) is 4.60. The van der Waals surface area contributed by atoms with Crippen LogP contribution in [0, 0.1) is 29.6 Å². The molecule has 0 amide bonds. The van der Waals surface area contributed by atoms with Gasteiger partial charge < -0.3 is 5.11 Å². The van der Waals surface area contributed by atoms with E-state index in [0.717, 1.165) is 12.3 Å². The van der Waals surface area contributed by atoms with Crippen LogP contribution in [0.4, 0.5) is 0 Å². The molecule has 2 bridgehead atoms. The Morgan fingerprint density at radius 3 is 2.42 bits per heavy atom. The SMILES string of the molecule is C[C@@H]1CC2CC1[C@@H](C)[C@H]2C(=O)O. The van der Waals surface area contributed by atoms with Gasteiger partial charge in [-0.3, -0.25) is 4.79 Å². The van der Waals surface area contributed by atoms with Gasteiger partial charge in [-0.1, -0.05) is 13.8 Å². The molecule has 0 radical (unpaired) electrons. The third-order valence-electron chi connectivity index (χ3n) is 4.02. The van der Waals surface area contributed by atoms with Gasteiger partial charge in [0.25, 0.3) is 0 Å². The molecule has 1 N–H and O–H groups in total. The summed E-state index contributed by atoms with van der Waals surface area (Å²) in [6.45, 7) is 4.37. The van der Waals surface area contributed by atoms with E-state index in [0.29, 0.717) is 17.8 Å². The molecule has 0 aromatic carbocycles. The van der Waals surface area contributed by atoms with E-state index in [1.807, 2.05) is 0 Å². The minimum atomic E-state index is -0.568. The molecule has 2 rings (SSSR count). The first-order chi connectivity index (χ1) is 5.61. The van der Waals surface area contributed by atoms with E-state index in [1.165, 1.54) is 6.42 Å². The summed E-state index contributed by atoms with van der Waals surface area (Å²) < 4.78 is 0. The van der Waals surface area contributed by atoms with Crippen molar-refractivity contribution in [1.29, 1.82) is 0 Å². The van der Waals surface area contributed by atoms with Crippen LogP contribution in [0.15, 0.2) is 0 Å². The first-order valence-electron chi connectivity index (χ1n) is 4.84. The lowest BCUT2D eigenvalue weighted by molar-refractivity contribution is -0.145. The standard InChI is InChI=1S/C10H16O2/c1-5-3-7-4-8(5)6(2)9(7)10(11)12/h5-9H,3-4H2,1-2H3,(H,11,12)/t5-,6-,7?,8?,9-/m1/s1. The zero-order valence-corrected chi connectivity index (χ0v) is 7.66. The van der Waals surface area contributed by atoms with Gasteiger partial charge in [0, 0.05) is 0 Å². The van der Waals surface area contributed by atoms with Crippen LogP contribution in [0.3, 0.4) is 0 Å². The largest absolute Gasteiger partial charge is 0.481 e. The third kappa shape index (κ3) is 0.900. The molecule has 5 atom stereocenters.